The number of carbonyl (C=O) groups is 5. The maximum Gasteiger partial charge on any atom is 0.264 e. The number of fused-ring (bicyclic) bond motifs is 1. The quantitative estimate of drug-likeness (QED) is 0.0631. The predicted octanol–water partition coefficient (Wildman–Crippen LogP) is 6.61. The molecule has 3 aliphatic heterocycles. The van der Waals surface area contributed by atoms with Crippen molar-refractivity contribution in [3.63, 3.8) is 0 Å². The van der Waals surface area contributed by atoms with Gasteiger partial charge in [-0.15, -0.1) is 0 Å². The zero-order chi connectivity index (χ0) is 41.6. The summed E-state index contributed by atoms with van der Waals surface area (Å²) < 4.78 is 21.7. The number of carbonyl (C=O) groups excluding carboxylic acids is 5. The fourth-order valence-corrected chi connectivity index (χ4v) is 8.39. The number of imide groups is 2. The van der Waals surface area contributed by atoms with Gasteiger partial charge in [-0.2, -0.15) is 5.10 Å². The molecule has 1 atom stereocenters. The van der Waals surface area contributed by atoms with Crippen LogP contribution in [0.1, 0.15) is 96.5 Å². The summed E-state index contributed by atoms with van der Waals surface area (Å²) in [6, 6.07) is 8.66. The topological polar surface area (TPSA) is 182 Å². The van der Waals surface area contributed by atoms with Gasteiger partial charge in [-0.25, -0.2) is 9.37 Å². The van der Waals surface area contributed by atoms with E-state index in [4.69, 9.17) is 33.7 Å². The molecule has 4 aromatic rings. The molecule has 310 valence electrons. The van der Waals surface area contributed by atoms with Gasteiger partial charge in [0.25, 0.3) is 11.8 Å². The highest BCUT2D eigenvalue weighted by molar-refractivity contribution is 6.36. The first-order valence-electron chi connectivity index (χ1n) is 19.9. The summed E-state index contributed by atoms with van der Waals surface area (Å²) in [6.45, 7) is 2.08. The van der Waals surface area contributed by atoms with Crippen LogP contribution < -0.4 is 21.1 Å². The number of pyridine rings is 1. The second-order valence-corrected chi connectivity index (χ2v) is 15.8. The van der Waals surface area contributed by atoms with Crippen LogP contribution in [0.2, 0.25) is 10.0 Å². The van der Waals surface area contributed by atoms with E-state index >= 15 is 0 Å². The fourth-order valence-electron chi connectivity index (χ4n) is 7.83. The molecule has 59 heavy (non-hydrogen) atoms. The van der Waals surface area contributed by atoms with E-state index in [9.17, 15) is 28.4 Å². The van der Waals surface area contributed by atoms with E-state index in [1.807, 2.05) is 15.8 Å². The first kappa shape index (κ1) is 41.6. The van der Waals surface area contributed by atoms with Gasteiger partial charge in [-0.05, 0) is 68.0 Å². The van der Waals surface area contributed by atoms with E-state index < -0.39 is 35.5 Å². The molecule has 0 spiro atoms. The van der Waals surface area contributed by atoms with E-state index in [-0.39, 0.29) is 59.8 Å². The molecule has 0 aliphatic carbocycles. The van der Waals surface area contributed by atoms with Crippen molar-refractivity contribution < 1.29 is 33.1 Å². The number of unbranched alkanes of at least 4 members (excludes halogenated alkanes) is 4. The number of nitrogens with two attached hydrogens (primary N) is 1. The van der Waals surface area contributed by atoms with Crippen molar-refractivity contribution in [3.05, 3.63) is 87.5 Å². The van der Waals surface area contributed by atoms with Crippen LogP contribution in [-0.4, -0.2) is 86.4 Å². The third kappa shape index (κ3) is 9.36. The number of halogens is 3. The number of aromatic nitrogens is 3. The smallest absolute Gasteiger partial charge is 0.264 e. The molecule has 0 radical (unpaired) electrons. The fraction of sp³-hybridized carbons (Fsp3) is 0.405. The van der Waals surface area contributed by atoms with Crippen LogP contribution in [0.25, 0.3) is 11.1 Å². The Kier molecular flexibility index (Phi) is 13.1. The highest BCUT2D eigenvalue weighted by atomic mass is 35.5. The van der Waals surface area contributed by atoms with Crippen molar-refractivity contribution in [3.8, 4) is 16.9 Å². The number of amides is 5. The third-order valence-electron chi connectivity index (χ3n) is 11.1. The lowest BCUT2D eigenvalue weighted by Crippen LogP contribution is -2.54. The molecular formula is C42H45Cl2FN8O6. The summed E-state index contributed by atoms with van der Waals surface area (Å²) in [5, 5.41) is 10.4. The van der Waals surface area contributed by atoms with Crippen molar-refractivity contribution in [2.75, 3.05) is 37.3 Å². The number of nitrogens with zero attached hydrogens (tertiary/aromatic N) is 5. The van der Waals surface area contributed by atoms with E-state index in [1.54, 1.807) is 36.7 Å². The highest BCUT2D eigenvalue weighted by Crippen LogP contribution is 2.34. The summed E-state index contributed by atoms with van der Waals surface area (Å²) in [4.78, 5) is 70.6. The second kappa shape index (κ2) is 18.6. The van der Waals surface area contributed by atoms with E-state index in [0.717, 1.165) is 61.0 Å². The van der Waals surface area contributed by atoms with Gasteiger partial charge in [0.15, 0.2) is 11.6 Å². The number of benzene rings is 2. The first-order chi connectivity index (χ1) is 28.5. The number of nitrogen functional groups attached to an aromatic ring is 1. The Bertz CT molecular complexity index is 2260. The van der Waals surface area contributed by atoms with Gasteiger partial charge in [0, 0.05) is 73.1 Å². The minimum Gasteiger partial charge on any atom is -0.489 e. The number of nitrogens with one attached hydrogen (secondary N) is 2. The maximum atomic E-state index is 13.9. The standard InChI is InChI=1S/C42H45Cl2FN8O6/c43-30-10-11-31(45)38(44)28(30)16-20-59-34-21-25(22-48-39(34)46)26-23-49-52(24-26)27-14-18-51(19-15-27)36(55)9-4-2-1-3-5-17-47-32-8-6-7-29-37(32)42(58)53(41(29)57)33-12-13-35(54)50-40(33)56/h6-8,10-11,21-24,27,33,47H,1-5,9,12-20H2,(H2,46,48)(H,50,54,56)/t33-/m1/s1. The van der Waals surface area contributed by atoms with Crippen LogP contribution in [0.4, 0.5) is 15.9 Å². The van der Waals surface area contributed by atoms with Crippen LogP contribution >= 0.6 is 23.2 Å². The minimum absolute atomic E-state index is 0.0297. The first-order valence-corrected chi connectivity index (χ1v) is 20.7. The number of anilines is 2. The van der Waals surface area contributed by atoms with Gasteiger partial charge in [0.1, 0.15) is 11.9 Å². The predicted molar refractivity (Wildman–Crippen MR) is 220 cm³/mol. The molecule has 2 aromatic carbocycles. The lowest BCUT2D eigenvalue weighted by molar-refractivity contribution is -0.136. The summed E-state index contributed by atoms with van der Waals surface area (Å²) in [5.74, 6) is -1.88. The molecule has 3 aliphatic rings. The number of rotatable bonds is 16. The average Bonchev–Trinajstić information content (AvgIpc) is 3.82. The van der Waals surface area contributed by atoms with Gasteiger partial charge in [-0.1, -0.05) is 48.5 Å². The van der Waals surface area contributed by atoms with Gasteiger partial charge in [0.2, 0.25) is 17.7 Å². The zero-order valence-corrected chi connectivity index (χ0v) is 33.9. The molecule has 4 N–H and O–H groups in total. The maximum absolute atomic E-state index is 13.9. The molecule has 0 unspecified atom stereocenters. The van der Waals surface area contributed by atoms with Gasteiger partial charge < -0.3 is 20.7 Å². The number of hydrogen-bond acceptors (Lipinski definition) is 10. The Balaban J connectivity index is 0.795. The Labute approximate surface area is 350 Å². The van der Waals surface area contributed by atoms with Crippen molar-refractivity contribution in [2.24, 2.45) is 0 Å². The van der Waals surface area contributed by atoms with Crippen LogP contribution in [0, 0.1) is 5.82 Å². The van der Waals surface area contributed by atoms with Gasteiger partial charge in [0.05, 0.1) is 35.0 Å². The van der Waals surface area contributed by atoms with E-state index in [0.29, 0.717) is 48.1 Å². The summed E-state index contributed by atoms with van der Waals surface area (Å²) >= 11 is 12.3. The van der Waals surface area contributed by atoms with Gasteiger partial charge in [-0.3, -0.25) is 38.9 Å². The SMILES string of the molecule is Nc1ncc(-c2cnn(C3CCN(C(=O)CCCCCCCNc4cccc5c4C(=O)N([C@@H]4CCC(=O)NC4=O)C5=O)CC3)c2)cc1OCCc1c(Cl)ccc(F)c1Cl. The number of hydrogen-bond donors (Lipinski definition) is 3. The van der Waals surface area contributed by atoms with Crippen LogP contribution in [0.15, 0.2) is 55.0 Å². The average molecular weight is 848 g/mol. The Hall–Kier alpha value is -5.54. The van der Waals surface area contributed by atoms with Crippen molar-refractivity contribution >= 4 is 64.2 Å². The van der Waals surface area contributed by atoms with Crippen molar-refractivity contribution in [1.82, 2.24) is 29.9 Å². The molecule has 17 heteroatoms. The van der Waals surface area contributed by atoms with Crippen molar-refractivity contribution in [1.29, 1.82) is 0 Å². The number of likely N-dealkylation sites (tertiary alicyclic amines) is 1. The molecule has 5 heterocycles. The molecule has 0 bridgehead atoms. The second-order valence-electron chi connectivity index (χ2n) is 15.0. The third-order valence-corrected chi connectivity index (χ3v) is 11.9. The van der Waals surface area contributed by atoms with Gasteiger partial charge >= 0.3 is 0 Å². The normalized spacial score (nSPS) is 17.0. The molecule has 2 aromatic heterocycles. The molecule has 2 fully saturated rings. The van der Waals surface area contributed by atoms with E-state index in [2.05, 4.69) is 20.7 Å². The molecule has 5 amide bonds. The molecule has 2 saturated heterocycles. The summed E-state index contributed by atoms with van der Waals surface area (Å²) in [7, 11) is 0. The lowest BCUT2D eigenvalue weighted by Gasteiger charge is -2.32. The molecule has 0 saturated carbocycles. The lowest BCUT2D eigenvalue weighted by atomic mass is 10.0. The summed E-state index contributed by atoms with van der Waals surface area (Å²) in [5.41, 5.74) is 9.22. The van der Waals surface area contributed by atoms with Crippen LogP contribution in [-0.2, 0) is 20.8 Å². The van der Waals surface area contributed by atoms with E-state index in [1.165, 1.54) is 12.1 Å². The zero-order valence-electron chi connectivity index (χ0n) is 32.4. The van der Waals surface area contributed by atoms with Crippen LogP contribution in [0.3, 0.4) is 0 Å². The molecule has 7 rings (SSSR count). The molecule has 14 nitrogen and oxygen atoms in total. The Morgan fingerprint density at radius 3 is 2.54 bits per heavy atom. The summed E-state index contributed by atoms with van der Waals surface area (Å²) in [6.07, 6.45) is 12.4. The monoisotopic (exact) mass is 846 g/mol. The Morgan fingerprint density at radius 1 is 0.966 bits per heavy atom. The highest BCUT2D eigenvalue weighted by Gasteiger charge is 2.45. The number of ether oxygens (including phenoxy) is 1. The molecular weight excluding hydrogens is 802 g/mol. The number of piperidine rings is 2. The van der Waals surface area contributed by atoms with Crippen LogP contribution in [0.5, 0.6) is 5.75 Å². The largest absolute Gasteiger partial charge is 0.489 e. The Morgan fingerprint density at radius 2 is 1.75 bits per heavy atom. The van der Waals surface area contributed by atoms with Crippen molar-refractivity contribution in [2.45, 2.75) is 82.7 Å². The minimum atomic E-state index is -1.00.